The molecule has 1 N–H and O–H groups in total. The summed E-state index contributed by atoms with van der Waals surface area (Å²) in [6.07, 6.45) is 3.90. The number of oxazole rings is 1. The van der Waals surface area contributed by atoms with Crippen LogP contribution in [0.5, 0.6) is 0 Å². The van der Waals surface area contributed by atoms with Crippen molar-refractivity contribution < 1.29 is 9.21 Å². The number of nitrogens with one attached hydrogen (secondary N) is 1. The molecule has 0 bridgehead atoms. The van der Waals surface area contributed by atoms with Crippen molar-refractivity contribution in [3.05, 3.63) is 113 Å². The first-order valence-electron chi connectivity index (χ1n) is 11.2. The minimum Gasteiger partial charge on any atom is -0.408 e. The SMILES string of the molecule is O=C(CCn1c(=O)oc2ccccc21)NCc1ccccc1-c1ccc(Cn2cccn2)cc1. The molecule has 0 unspecified atom stereocenters. The molecule has 7 heteroatoms. The quantitative estimate of drug-likeness (QED) is 0.382. The second kappa shape index (κ2) is 9.62. The molecule has 0 aliphatic carbocycles. The Kier molecular flexibility index (Phi) is 6.07. The number of para-hydroxylation sites is 2. The van der Waals surface area contributed by atoms with E-state index in [0.29, 0.717) is 17.6 Å². The molecule has 3 aromatic carbocycles. The van der Waals surface area contributed by atoms with E-state index in [4.69, 9.17) is 4.42 Å². The van der Waals surface area contributed by atoms with Gasteiger partial charge >= 0.3 is 5.76 Å². The van der Waals surface area contributed by atoms with E-state index in [-0.39, 0.29) is 18.9 Å². The van der Waals surface area contributed by atoms with Gasteiger partial charge in [-0.3, -0.25) is 14.0 Å². The van der Waals surface area contributed by atoms with E-state index in [1.54, 1.807) is 12.3 Å². The molecule has 2 aromatic heterocycles. The molecular weight excluding hydrogens is 428 g/mol. The van der Waals surface area contributed by atoms with Crippen LogP contribution in [0.3, 0.4) is 0 Å². The first-order chi connectivity index (χ1) is 16.7. The Morgan fingerprint density at radius 2 is 1.74 bits per heavy atom. The molecule has 0 atom stereocenters. The zero-order valence-corrected chi connectivity index (χ0v) is 18.6. The zero-order chi connectivity index (χ0) is 23.3. The maximum absolute atomic E-state index is 12.5. The molecule has 0 aliphatic heterocycles. The first-order valence-corrected chi connectivity index (χ1v) is 11.2. The molecule has 2 heterocycles. The third-order valence-electron chi connectivity index (χ3n) is 5.80. The van der Waals surface area contributed by atoms with E-state index in [2.05, 4.69) is 40.7 Å². The summed E-state index contributed by atoms with van der Waals surface area (Å²) in [7, 11) is 0. The van der Waals surface area contributed by atoms with Gasteiger partial charge in [0.05, 0.1) is 12.1 Å². The minimum atomic E-state index is -0.449. The Labute approximate surface area is 196 Å². The van der Waals surface area contributed by atoms with E-state index < -0.39 is 5.76 Å². The molecular formula is C27H24N4O3. The number of hydrogen-bond donors (Lipinski definition) is 1. The second-order valence-corrected chi connectivity index (χ2v) is 8.07. The molecule has 0 saturated heterocycles. The van der Waals surface area contributed by atoms with Gasteiger partial charge in [-0.05, 0) is 40.5 Å². The van der Waals surface area contributed by atoms with Crippen LogP contribution in [0.25, 0.3) is 22.2 Å². The Hall–Kier alpha value is -4.39. The Balaban J connectivity index is 1.23. The first kappa shape index (κ1) is 21.5. The fourth-order valence-corrected chi connectivity index (χ4v) is 4.05. The van der Waals surface area contributed by atoms with Gasteiger partial charge in [0.1, 0.15) is 0 Å². The lowest BCUT2D eigenvalue weighted by Crippen LogP contribution is -2.26. The number of carbonyl (C=O) groups excluding carboxylic acids is 1. The predicted molar refractivity (Wildman–Crippen MR) is 130 cm³/mol. The van der Waals surface area contributed by atoms with Crippen molar-refractivity contribution in [1.29, 1.82) is 0 Å². The molecule has 170 valence electrons. The number of benzene rings is 3. The third kappa shape index (κ3) is 4.68. The van der Waals surface area contributed by atoms with E-state index in [1.165, 1.54) is 10.1 Å². The second-order valence-electron chi connectivity index (χ2n) is 8.07. The average Bonchev–Trinajstić information content (AvgIpc) is 3.49. The minimum absolute atomic E-state index is 0.124. The predicted octanol–water partition coefficient (Wildman–Crippen LogP) is 4.21. The van der Waals surface area contributed by atoms with Crippen LogP contribution in [0, 0.1) is 0 Å². The van der Waals surface area contributed by atoms with Gasteiger partial charge in [-0.2, -0.15) is 5.10 Å². The summed E-state index contributed by atoms with van der Waals surface area (Å²) >= 11 is 0. The number of aryl methyl sites for hydroxylation is 1. The summed E-state index contributed by atoms with van der Waals surface area (Å²) in [5.74, 6) is -0.572. The molecule has 0 saturated carbocycles. The lowest BCUT2D eigenvalue weighted by Gasteiger charge is -2.12. The van der Waals surface area contributed by atoms with Crippen LogP contribution < -0.4 is 11.1 Å². The van der Waals surface area contributed by atoms with Crippen molar-refractivity contribution in [3.63, 3.8) is 0 Å². The molecule has 5 aromatic rings. The fourth-order valence-electron chi connectivity index (χ4n) is 4.05. The number of aromatic nitrogens is 3. The summed E-state index contributed by atoms with van der Waals surface area (Å²) in [6.45, 7) is 1.39. The Bertz CT molecular complexity index is 1460. The maximum atomic E-state index is 12.5. The van der Waals surface area contributed by atoms with Gasteiger partial charge in [0, 0.05) is 31.9 Å². The van der Waals surface area contributed by atoms with E-state index in [1.807, 2.05) is 53.3 Å². The van der Waals surface area contributed by atoms with Crippen LogP contribution in [-0.2, 0) is 24.4 Å². The zero-order valence-electron chi connectivity index (χ0n) is 18.6. The topological polar surface area (TPSA) is 82.1 Å². The number of fused-ring (bicyclic) bond motifs is 1. The smallest absolute Gasteiger partial charge is 0.408 e. The van der Waals surface area contributed by atoms with Crippen molar-refractivity contribution in [2.45, 2.75) is 26.1 Å². The van der Waals surface area contributed by atoms with Crippen molar-refractivity contribution in [3.8, 4) is 11.1 Å². The van der Waals surface area contributed by atoms with Crippen LogP contribution in [0.15, 0.2) is 100 Å². The molecule has 0 aliphatic rings. The van der Waals surface area contributed by atoms with Crippen LogP contribution in [0.2, 0.25) is 0 Å². The largest absolute Gasteiger partial charge is 0.419 e. The number of amides is 1. The highest BCUT2D eigenvalue weighted by molar-refractivity contribution is 5.77. The summed E-state index contributed by atoms with van der Waals surface area (Å²) in [5.41, 5.74) is 5.58. The van der Waals surface area contributed by atoms with Crippen LogP contribution in [-0.4, -0.2) is 20.3 Å². The standard InChI is InChI=1S/C27H24N4O3/c32-26(14-17-31-24-8-3-4-9-25(24)34-27(31)33)28-18-22-6-1-2-7-23(22)21-12-10-20(11-13-21)19-30-16-5-15-29-30/h1-13,15-16H,14,17-19H2,(H,28,32). The molecule has 7 nitrogen and oxygen atoms in total. The van der Waals surface area contributed by atoms with Crippen molar-refractivity contribution in [2.75, 3.05) is 0 Å². The van der Waals surface area contributed by atoms with Gasteiger partial charge in [0.15, 0.2) is 5.58 Å². The van der Waals surface area contributed by atoms with Crippen LogP contribution >= 0.6 is 0 Å². The maximum Gasteiger partial charge on any atom is 0.419 e. The number of carbonyl (C=O) groups is 1. The van der Waals surface area contributed by atoms with Gasteiger partial charge in [-0.15, -0.1) is 0 Å². The van der Waals surface area contributed by atoms with Crippen molar-refractivity contribution in [1.82, 2.24) is 19.7 Å². The van der Waals surface area contributed by atoms with E-state index in [0.717, 1.165) is 23.2 Å². The summed E-state index contributed by atoms with van der Waals surface area (Å²) in [4.78, 5) is 24.6. The van der Waals surface area contributed by atoms with Crippen LogP contribution in [0.1, 0.15) is 17.5 Å². The van der Waals surface area contributed by atoms with Gasteiger partial charge in [0.2, 0.25) is 5.91 Å². The summed E-state index contributed by atoms with van der Waals surface area (Å²) in [5, 5.41) is 7.23. The monoisotopic (exact) mass is 452 g/mol. The lowest BCUT2D eigenvalue weighted by molar-refractivity contribution is -0.121. The Morgan fingerprint density at radius 1 is 0.941 bits per heavy atom. The van der Waals surface area contributed by atoms with Gasteiger partial charge in [0.25, 0.3) is 0 Å². The highest BCUT2D eigenvalue weighted by atomic mass is 16.4. The van der Waals surface area contributed by atoms with E-state index >= 15 is 0 Å². The molecule has 0 fully saturated rings. The fraction of sp³-hybridized carbons (Fsp3) is 0.148. The molecule has 0 radical (unpaired) electrons. The third-order valence-corrected chi connectivity index (χ3v) is 5.80. The van der Waals surface area contributed by atoms with Crippen LogP contribution in [0.4, 0.5) is 0 Å². The molecule has 5 rings (SSSR count). The number of rotatable bonds is 8. The van der Waals surface area contributed by atoms with Gasteiger partial charge in [-0.25, -0.2) is 4.79 Å². The molecule has 34 heavy (non-hydrogen) atoms. The highest BCUT2D eigenvalue weighted by Crippen LogP contribution is 2.24. The highest BCUT2D eigenvalue weighted by Gasteiger charge is 2.11. The number of nitrogens with zero attached hydrogens (tertiary/aromatic N) is 3. The summed E-state index contributed by atoms with van der Waals surface area (Å²) < 4.78 is 8.62. The Morgan fingerprint density at radius 3 is 2.56 bits per heavy atom. The lowest BCUT2D eigenvalue weighted by atomic mass is 9.98. The van der Waals surface area contributed by atoms with Crippen molar-refractivity contribution in [2.24, 2.45) is 0 Å². The van der Waals surface area contributed by atoms with E-state index in [9.17, 15) is 9.59 Å². The number of hydrogen-bond acceptors (Lipinski definition) is 4. The normalized spacial score (nSPS) is 11.1. The van der Waals surface area contributed by atoms with Gasteiger partial charge < -0.3 is 9.73 Å². The molecule has 0 spiro atoms. The summed E-state index contributed by atoms with van der Waals surface area (Å²) in [6, 6.07) is 25.5. The van der Waals surface area contributed by atoms with Crippen molar-refractivity contribution >= 4 is 17.0 Å². The van der Waals surface area contributed by atoms with Gasteiger partial charge in [-0.1, -0.05) is 60.7 Å². The molecule has 1 amide bonds. The average molecular weight is 453 g/mol.